The van der Waals surface area contributed by atoms with E-state index < -0.39 is 0 Å². The molecule has 1 aliphatic heterocycles. The van der Waals surface area contributed by atoms with Crippen molar-refractivity contribution in [3.8, 4) is 5.75 Å². The molecule has 1 heterocycles. The third-order valence-electron chi connectivity index (χ3n) is 3.69. The average molecular weight is 250 g/mol. The first kappa shape index (κ1) is 11.2. The van der Waals surface area contributed by atoms with E-state index in [1.807, 2.05) is 6.07 Å². The maximum atomic E-state index is 9.43. The van der Waals surface area contributed by atoms with Gasteiger partial charge in [-0.25, -0.2) is 4.72 Å². The third-order valence-corrected chi connectivity index (χ3v) is 4.62. The first-order valence-corrected chi connectivity index (χ1v) is 7.16. The number of nitrogens with one attached hydrogen (secondary N) is 2. The maximum Gasteiger partial charge on any atom is 0.116 e. The van der Waals surface area contributed by atoms with Gasteiger partial charge in [-0.3, -0.25) is 0 Å². The van der Waals surface area contributed by atoms with Gasteiger partial charge in [-0.2, -0.15) is 0 Å². The molecule has 2 aliphatic rings. The van der Waals surface area contributed by atoms with Crippen LogP contribution in [0.25, 0.3) is 0 Å². The number of rotatable bonds is 1. The SMILES string of the molecule is Oc1ccc2c(c1)SNC(C1CCCCC1)N2. The van der Waals surface area contributed by atoms with Crippen LogP contribution in [0, 0.1) is 5.92 Å². The molecule has 1 aliphatic carbocycles. The number of hydrogen-bond acceptors (Lipinski definition) is 4. The lowest BCUT2D eigenvalue weighted by Crippen LogP contribution is -2.42. The minimum atomic E-state index is 0.330. The van der Waals surface area contributed by atoms with Crippen LogP contribution in [0.2, 0.25) is 0 Å². The van der Waals surface area contributed by atoms with E-state index in [-0.39, 0.29) is 0 Å². The Morgan fingerprint density at radius 1 is 1.18 bits per heavy atom. The highest BCUT2D eigenvalue weighted by atomic mass is 32.2. The summed E-state index contributed by atoms with van der Waals surface area (Å²) < 4.78 is 3.47. The first-order valence-electron chi connectivity index (χ1n) is 6.35. The van der Waals surface area contributed by atoms with Crippen molar-refractivity contribution in [2.75, 3.05) is 5.32 Å². The van der Waals surface area contributed by atoms with Gasteiger partial charge in [-0.1, -0.05) is 19.3 Å². The lowest BCUT2D eigenvalue weighted by Gasteiger charge is -2.35. The lowest BCUT2D eigenvalue weighted by atomic mass is 9.87. The zero-order valence-corrected chi connectivity index (χ0v) is 10.6. The van der Waals surface area contributed by atoms with Crippen LogP contribution < -0.4 is 10.0 Å². The summed E-state index contributed by atoms with van der Waals surface area (Å²) in [6.45, 7) is 0. The number of anilines is 1. The van der Waals surface area contributed by atoms with Gasteiger partial charge >= 0.3 is 0 Å². The van der Waals surface area contributed by atoms with E-state index in [1.54, 1.807) is 24.1 Å². The molecule has 0 saturated heterocycles. The van der Waals surface area contributed by atoms with Gasteiger partial charge in [-0.15, -0.1) is 0 Å². The van der Waals surface area contributed by atoms with E-state index in [0.717, 1.165) is 16.5 Å². The molecular formula is C13H18N2OS. The Morgan fingerprint density at radius 3 is 2.82 bits per heavy atom. The summed E-state index contributed by atoms with van der Waals surface area (Å²) in [7, 11) is 0. The van der Waals surface area contributed by atoms with Gasteiger partial charge < -0.3 is 10.4 Å². The molecule has 1 unspecified atom stereocenters. The van der Waals surface area contributed by atoms with Gasteiger partial charge in [0.25, 0.3) is 0 Å². The van der Waals surface area contributed by atoms with Crippen molar-refractivity contribution in [1.82, 2.24) is 4.72 Å². The molecular weight excluding hydrogens is 232 g/mol. The summed E-state index contributed by atoms with van der Waals surface area (Å²) >= 11 is 1.63. The predicted molar refractivity (Wildman–Crippen MR) is 71.1 cm³/mol. The first-order chi connectivity index (χ1) is 8.33. The van der Waals surface area contributed by atoms with Gasteiger partial charge in [0.2, 0.25) is 0 Å². The number of hydrogen-bond donors (Lipinski definition) is 3. The van der Waals surface area contributed by atoms with Gasteiger partial charge in [0.15, 0.2) is 0 Å². The highest BCUT2D eigenvalue weighted by Gasteiger charge is 2.27. The molecule has 0 amide bonds. The number of fused-ring (bicyclic) bond motifs is 1. The number of benzene rings is 1. The standard InChI is InChI=1S/C13H18N2OS/c16-10-6-7-11-12(8-10)17-15-13(14-11)9-4-2-1-3-5-9/h6-9,13-16H,1-5H2. The minimum absolute atomic E-state index is 0.330. The molecule has 0 bridgehead atoms. The van der Waals surface area contributed by atoms with Crippen molar-refractivity contribution in [1.29, 1.82) is 0 Å². The molecule has 1 atom stereocenters. The quantitative estimate of drug-likeness (QED) is 0.528. The van der Waals surface area contributed by atoms with Crippen molar-refractivity contribution >= 4 is 17.6 Å². The second-order valence-electron chi connectivity index (χ2n) is 4.92. The normalized spacial score (nSPS) is 25.1. The fourth-order valence-electron chi connectivity index (χ4n) is 2.72. The van der Waals surface area contributed by atoms with Gasteiger partial charge in [0.05, 0.1) is 11.9 Å². The van der Waals surface area contributed by atoms with Crippen LogP contribution in [0.3, 0.4) is 0 Å². The van der Waals surface area contributed by atoms with E-state index in [0.29, 0.717) is 11.9 Å². The fraction of sp³-hybridized carbons (Fsp3) is 0.538. The molecule has 1 saturated carbocycles. The molecule has 0 aromatic heterocycles. The van der Waals surface area contributed by atoms with E-state index in [1.165, 1.54) is 32.1 Å². The number of aromatic hydroxyl groups is 1. The van der Waals surface area contributed by atoms with E-state index >= 15 is 0 Å². The number of phenolic OH excluding ortho intramolecular Hbond substituents is 1. The Morgan fingerprint density at radius 2 is 2.00 bits per heavy atom. The summed E-state index contributed by atoms with van der Waals surface area (Å²) in [5.74, 6) is 1.06. The molecule has 3 rings (SSSR count). The van der Waals surface area contributed by atoms with Crippen LogP contribution in [0.1, 0.15) is 32.1 Å². The van der Waals surface area contributed by atoms with Crippen LogP contribution in [0.5, 0.6) is 5.75 Å². The fourth-order valence-corrected chi connectivity index (χ4v) is 3.64. The van der Waals surface area contributed by atoms with Crippen LogP contribution in [-0.2, 0) is 0 Å². The Balaban J connectivity index is 1.73. The predicted octanol–water partition coefficient (Wildman–Crippen LogP) is 3.32. The van der Waals surface area contributed by atoms with Crippen molar-refractivity contribution in [2.45, 2.75) is 43.2 Å². The van der Waals surface area contributed by atoms with Gasteiger partial charge in [-0.05, 0) is 48.9 Å². The van der Waals surface area contributed by atoms with Crippen molar-refractivity contribution < 1.29 is 5.11 Å². The monoisotopic (exact) mass is 250 g/mol. The maximum absolute atomic E-state index is 9.43. The summed E-state index contributed by atoms with van der Waals surface area (Å²) in [6, 6.07) is 5.51. The molecule has 1 aromatic rings. The summed E-state index contributed by atoms with van der Waals surface area (Å²) in [5.41, 5.74) is 1.14. The molecule has 4 heteroatoms. The second-order valence-corrected chi connectivity index (χ2v) is 5.80. The van der Waals surface area contributed by atoms with Crippen LogP contribution in [0.15, 0.2) is 23.1 Å². The smallest absolute Gasteiger partial charge is 0.116 e. The molecule has 1 fully saturated rings. The Bertz CT molecular complexity index is 404. The Kier molecular flexibility index (Phi) is 3.16. The summed E-state index contributed by atoms with van der Waals surface area (Å²) in [6.07, 6.45) is 7.12. The van der Waals surface area contributed by atoms with Crippen LogP contribution in [0.4, 0.5) is 5.69 Å². The van der Waals surface area contributed by atoms with Crippen molar-refractivity contribution in [2.24, 2.45) is 5.92 Å². The van der Waals surface area contributed by atoms with Crippen molar-refractivity contribution in [3.05, 3.63) is 18.2 Å². The average Bonchev–Trinajstić information content (AvgIpc) is 2.39. The summed E-state index contributed by atoms with van der Waals surface area (Å²) in [4.78, 5) is 1.08. The van der Waals surface area contributed by atoms with E-state index in [2.05, 4.69) is 10.0 Å². The molecule has 3 N–H and O–H groups in total. The molecule has 0 spiro atoms. The molecule has 1 aromatic carbocycles. The van der Waals surface area contributed by atoms with Gasteiger partial charge in [0, 0.05) is 4.90 Å². The van der Waals surface area contributed by atoms with Gasteiger partial charge in [0.1, 0.15) is 5.75 Å². The highest BCUT2D eigenvalue weighted by Crippen LogP contribution is 2.36. The molecule has 3 nitrogen and oxygen atoms in total. The van der Waals surface area contributed by atoms with Crippen LogP contribution >= 0.6 is 11.9 Å². The largest absolute Gasteiger partial charge is 0.508 e. The zero-order chi connectivity index (χ0) is 11.7. The summed E-state index contributed by atoms with van der Waals surface area (Å²) in [5, 5.41) is 13.0. The number of phenols is 1. The van der Waals surface area contributed by atoms with Crippen molar-refractivity contribution in [3.63, 3.8) is 0 Å². The highest BCUT2D eigenvalue weighted by molar-refractivity contribution is 7.97. The lowest BCUT2D eigenvalue weighted by molar-refractivity contribution is 0.310. The van der Waals surface area contributed by atoms with E-state index in [4.69, 9.17) is 0 Å². The van der Waals surface area contributed by atoms with Crippen LogP contribution in [-0.4, -0.2) is 11.3 Å². The molecule has 17 heavy (non-hydrogen) atoms. The zero-order valence-electron chi connectivity index (χ0n) is 9.78. The second kappa shape index (κ2) is 4.78. The topological polar surface area (TPSA) is 44.3 Å². The Labute approximate surface area is 106 Å². The minimum Gasteiger partial charge on any atom is -0.508 e. The molecule has 92 valence electrons. The molecule has 0 radical (unpaired) electrons. The third kappa shape index (κ3) is 2.38. The Hall–Kier alpha value is -0.870. The van der Waals surface area contributed by atoms with E-state index in [9.17, 15) is 5.11 Å².